The zero-order chi connectivity index (χ0) is 19.8. The van der Waals surface area contributed by atoms with Crippen LogP contribution in [0.3, 0.4) is 0 Å². The van der Waals surface area contributed by atoms with Crippen LogP contribution < -0.4 is 5.56 Å². The number of likely N-dealkylation sites (tertiary alicyclic amines) is 1. The van der Waals surface area contributed by atoms with Gasteiger partial charge in [-0.05, 0) is 44.9 Å². The summed E-state index contributed by atoms with van der Waals surface area (Å²) in [5, 5.41) is 18.0. The SMILES string of the molecule is CCn1c(=O)c2c(C)[nH]nc2c2cc(C#CCN3CCCC3C(=O)O)ccc21. The summed E-state index contributed by atoms with van der Waals surface area (Å²) in [6, 6.07) is 5.32. The van der Waals surface area contributed by atoms with Crippen molar-refractivity contribution >= 4 is 27.8 Å². The maximum atomic E-state index is 12.8. The maximum absolute atomic E-state index is 12.8. The van der Waals surface area contributed by atoms with Crippen molar-refractivity contribution in [3.63, 3.8) is 0 Å². The lowest BCUT2D eigenvalue weighted by Crippen LogP contribution is -2.36. The first kappa shape index (κ1) is 18.3. The fourth-order valence-electron chi connectivity index (χ4n) is 4.02. The Hall–Kier alpha value is -3.11. The van der Waals surface area contributed by atoms with E-state index in [0.717, 1.165) is 35.1 Å². The Morgan fingerprint density at radius 1 is 1.43 bits per heavy atom. The summed E-state index contributed by atoms with van der Waals surface area (Å²) in [6.07, 6.45) is 1.57. The van der Waals surface area contributed by atoms with Crippen molar-refractivity contribution in [2.75, 3.05) is 13.1 Å². The number of nitrogens with zero attached hydrogens (tertiary/aromatic N) is 3. The normalized spacial score (nSPS) is 17.1. The number of hydrogen-bond donors (Lipinski definition) is 2. The predicted molar refractivity (Wildman–Crippen MR) is 107 cm³/mol. The fourth-order valence-corrected chi connectivity index (χ4v) is 4.02. The van der Waals surface area contributed by atoms with Gasteiger partial charge in [0.15, 0.2) is 0 Å². The van der Waals surface area contributed by atoms with Gasteiger partial charge in [0.05, 0.1) is 17.4 Å². The van der Waals surface area contributed by atoms with Crippen molar-refractivity contribution in [2.45, 2.75) is 39.3 Å². The van der Waals surface area contributed by atoms with Gasteiger partial charge >= 0.3 is 5.97 Å². The van der Waals surface area contributed by atoms with Crippen LogP contribution in [-0.4, -0.2) is 49.9 Å². The molecule has 28 heavy (non-hydrogen) atoms. The van der Waals surface area contributed by atoms with Crippen LogP contribution in [-0.2, 0) is 11.3 Å². The quantitative estimate of drug-likeness (QED) is 0.681. The minimum atomic E-state index is -0.779. The molecular weight excluding hydrogens is 356 g/mol. The van der Waals surface area contributed by atoms with Crippen LogP contribution in [0.2, 0.25) is 0 Å². The molecule has 1 unspecified atom stereocenters. The van der Waals surface area contributed by atoms with Gasteiger partial charge < -0.3 is 9.67 Å². The topological polar surface area (TPSA) is 91.2 Å². The number of carboxylic acid groups (broad SMARTS) is 1. The molecule has 1 aromatic carbocycles. The third-order valence-corrected chi connectivity index (χ3v) is 5.43. The summed E-state index contributed by atoms with van der Waals surface area (Å²) in [6.45, 7) is 5.57. The number of hydrogen-bond acceptors (Lipinski definition) is 4. The van der Waals surface area contributed by atoms with Crippen molar-refractivity contribution in [1.82, 2.24) is 19.7 Å². The molecule has 0 amide bonds. The summed E-state index contributed by atoms with van der Waals surface area (Å²) >= 11 is 0. The number of carboxylic acids is 1. The van der Waals surface area contributed by atoms with Gasteiger partial charge in [-0.15, -0.1) is 0 Å². The van der Waals surface area contributed by atoms with Crippen LogP contribution in [0, 0.1) is 18.8 Å². The van der Waals surface area contributed by atoms with Crippen LogP contribution in [0.1, 0.15) is 31.0 Å². The number of aromatic amines is 1. The van der Waals surface area contributed by atoms with E-state index in [1.165, 1.54) is 0 Å². The average Bonchev–Trinajstić information content (AvgIpc) is 3.29. The summed E-state index contributed by atoms with van der Waals surface area (Å²) in [7, 11) is 0. The highest BCUT2D eigenvalue weighted by atomic mass is 16.4. The van der Waals surface area contributed by atoms with E-state index < -0.39 is 12.0 Å². The van der Waals surface area contributed by atoms with Gasteiger partial charge in [-0.3, -0.25) is 19.6 Å². The molecule has 2 N–H and O–H groups in total. The van der Waals surface area contributed by atoms with Crippen molar-refractivity contribution in [3.8, 4) is 11.8 Å². The van der Waals surface area contributed by atoms with Crippen molar-refractivity contribution in [3.05, 3.63) is 39.8 Å². The van der Waals surface area contributed by atoms with Crippen molar-refractivity contribution < 1.29 is 9.90 Å². The Bertz CT molecular complexity index is 1200. The van der Waals surface area contributed by atoms with E-state index in [1.54, 1.807) is 4.57 Å². The van der Waals surface area contributed by atoms with E-state index >= 15 is 0 Å². The third kappa shape index (κ3) is 2.96. The van der Waals surface area contributed by atoms with Crippen LogP contribution in [0.5, 0.6) is 0 Å². The van der Waals surface area contributed by atoms with Gasteiger partial charge in [-0.1, -0.05) is 11.8 Å². The van der Waals surface area contributed by atoms with E-state index in [9.17, 15) is 14.7 Å². The number of aryl methyl sites for hydroxylation is 2. The Labute approximate surface area is 162 Å². The number of rotatable bonds is 3. The van der Waals surface area contributed by atoms with Gasteiger partial charge in [-0.2, -0.15) is 5.10 Å². The molecule has 0 saturated carbocycles. The zero-order valence-electron chi connectivity index (χ0n) is 16.0. The third-order valence-electron chi connectivity index (χ3n) is 5.43. The lowest BCUT2D eigenvalue weighted by molar-refractivity contribution is -0.141. The lowest BCUT2D eigenvalue weighted by Gasteiger charge is -2.17. The largest absolute Gasteiger partial charge is 0.480 e. The number of nitrogens with one attached hydrogen (secondary N) is 1. The smallest absolute Gasteiger partial charge is 0.320 e. The molecule has 0 spiro atoms. The first-order chi connectivity index (χ1) is 13.5. The average molecular weight is 378 g/mol. The summed E-state index contributed by atoms with van der Waals surface area (Å²) in [5.41, 5.74) is 3.04. The van der Waals surface area contributed by atoms with E-state index in [4.69, 9.17) is 0 Å². The molecule has 3 aromatic rings. The number of benzene rings is 1. The van der Waals surface area contributed by atoms with Crippen molar-refractivity contribution in [1.29, 1.82) is 0 Å². The molecule has 1 fully saturated rings. The van der Waals surface area contributed by atoms with Gasteiger partial charge in [0.2, 0.25) is 0 Å². The Balaban J connectivity index is 1.73. The monoisotopic (exact) mass is 378 g/mol. The fraction of sp³-hybridized carbons (Fsp3) is 0.381. The number of fused-ring (bicyclic) bond motifs is 3. The first-order valence-electron chi connectivity index (χ1n) is 9.48. The van der Waals surface area contributed by atoms with Gasteiger partial charge in [0.1, 0.15) is 11.6 Å². The van der Waals surface area contributed by atoms with Crippen LogP contribution in [0.15, 0.2) is 23.0 Å². The second-order valence-electron chi connectivity index (χ2n) is 7.12. The molecular formula is C21H22N4O3. The highest BCUT2D eigenvalue weighted by molar-refractivity contribution is 6.04. The lowest BCUT2D eigenvalue weighted by atomic mass is 10.1. The minimum Gasteiger partial charge on any atom is -0.480 e. The van der Waals surface area contributed by atoms with Gasteiger partial charge in [0, 0.05) is 29.7 Å². The molecule has 0 radical (unpaired) electrons. The molecule has 1 saturated heterocycles. The van der Waals surface area contributed by atoms with E-state index in [-0.39, 0.29) is 5.56 Å². The number of aliphatic carboxylic acids is 1. The van der Waals surface area contributed by atoms with Crippen LogP contribution in [0.25, 0.3) is 21.8 Å². The number of carbonyl (C=O) groups is 1. The van der Waals surface area contributed by atoms with E-state index in [1.807, 2.05) is 36.9 Å². The molecule has 2 aromatic heterocycles. The Morgan fingerprint density at radius 2 is 2.25 bits per heavy atom. The molecule has 0 bridgehead atoms. The summed E-state index contributed by atoms with van der Waals surface area (Å²) in [4.78, 5) is 25.9. The van der Waals surface area contributed by atoms with E-state index in [2.05, 4.69) is 22.0 Å². The molecule has 1 atom stereocenters. The zero-order valence-corrected chi connectivity index (χ0v) is 16.0. The van der Waals surface area contributed by atoms with E-state index in [0.29, 0.717) is 30.4 Å². The first-order valence-corrected chi connectivity index (χ1v) is 9.48. The second-order valence-corrected chi connectivity index (χ2v) is 7.12. The Kier molecular flexibility index (Phi) is 4.65. The number of H-pyrrole nitrogens is 1. The number of aromatic nitrogens is 3. The highest BCUT2D eigenvalue weighted by Gasteiger charge is 2.29. The molecule has 144 valence electrons. The van der Waals surface area contributed by atoms with Crippen LogP contribution >= 0.6 is 0 Å². The molecule has 4 rings (SSSR count). The molecule has 1 aliphatic rings. The summed E-state index contributed by atoms with van der Waals surface area (Å²) < 4.78 is 1.75. The number of pyridine rings is 1. The molecule has 1 aliphatic heterocycles. The molecule has 0 aliphatic carbocycles. The predicted octanol–water partition coefficient (Wildman–Crippen LogP) is 2.11. The minimum absolute atomic E-state index is 0.0381. The van der Waals surface area contributed by atoms with Gasteiger partial charge in [-0.25, -0.2) is 0 Å². The molecule has 7 nitrogen and oxygen atoms in total. The molecule has 7 heteroatoms. The Morgan fingerprint density at radius 3 is 3.00 bits per heavy atom. The maximum Gasteiger partial charge on any atom is 0.320 e. The van der Waals surface area contributed by atoms with Crippen molar-refractivity contribution in [2.24, 2.45) is 0 Å². The highest BCUT2D eigenvalue weighted by Crippen LogP contribution is 2.24. The second kappa shape index (κ2) is 7.13. The standard InChI is InChI=1S/C21H22N4O3/c1-3-25-16-9-8-14(6-4-10-24-11-5-7-17(24)21(27)28)12-15(16)19-18(20(25)26)13(2)22-23-19/h8-9,12,17H,3,5,7,10-11H2,1-2H3,(H,22,23)(H,27,28). The van der Waals surface area contributed by atoms with Crippen LogP contribution in [0.4, 0.5) is 0 Å². The summed E-state index contributed by atoms with van der Waals surface area (Å²) in [5.74, 6) is 5.46. The molecule has 3 heterocycles. The van der Waals surface area contributed by atoms with Gasteiger partial charge in [0.25, 0.3) is 5.56 Å².